The van der Waals surface area contributed by atoms with E-state index in [1.165, 1.54) is 12.1 Å². The van der Waals surface area contributed by atoms with Gasteiger partial charge in [-0.05, 0) is 18.2 Å². The maximum Gasteiger partial charge on any atom is 0.229 e. The highest BCUT2D eigenvalue weighted by Crippen LogP contribution is 2.18. The number of anilines is 1. The Bertz CT molecular complexity index is 551. The Kier molecular flexibility index (Phi) is 3.24. The monoisotopic (exact) mass is 247 g/mol. The molecule has 5 nitrogen and oxygen atoms in total. The van der Waals surface area contributed by atoms with E-state index in [0.29, 0.717) is 0 Å². The van der Waals surface area contributed by atoms with Crippen LogP contribution in [-0.4, -0.2) is 18.4 Å². The Hall–Kier alpha value is -2.42. The Labute approximate surface area is 103 Å². The minimum Gasteiger partial charge on any atom is -0.355 e. The maximum absolute atomic E-state index is 13.5. The predicted octanol–water partition coefficient (Wildman–Crippen LogP) is 0.772. The first kappa shape index (κ1) is 12.0. The van der Waals surface area contributed by atoms with E-state index in [9.17, 15) is 14.0 Å². The zero-order valence-electron chi connectivity index (χ0n) is 9.37. The largest absolute Gasteiger partial charge is 0.355 e. The SMILES string of the molecule is N#Cc1ccc(NC(=O)C2CNC(=O)C2)c(F)c1. The summed E-state index contributed by atoms with van der Waals surface area (Å²) in [6.45, 7) is 0.266. The Morgan fingerprint density at radius 1 is 1.56 bits per heavy atom. The molecule has 1 aromatic rings. The summed E-state index contributed by atoms with van der Waals surface area (Å²) in [4.78, 5) is 22.7. The molecule has 18 heavy (non-hydrogen) atoms. The van der Waals surface area contributed by atoms with Gasteiger partial charge in [0.2, 0.25) is 11.8 Å². The number of nitriles is 1. The average Bonchev–Trinajstić information content (AvgIpc) is 2.78. The van der Waals surface area contributed by atoms with E-state index in [-0.39, 0.29) is 30.1 Å². The highest BCUT2D eigenvalue weighted by Gasteiger charge is 2.28. The number of halogens is 1. The van der Waals surface area contributed by atoms with Crippen molar-refractivity contribution >= 4 is 17.5 Å². The first-order valence-corrected chi connectivity index (χ1v) is 5.37. The molecule has 0 saturated carbocycles. The van der Waals surface area contributed by atoms with Crippen LogP contribution in [0.25, 0.3) is 0 Å². The zero-order valence-corrected chi connectivity index (χ0v) is 9.37. The zero-order chi connectivity index (χ0) is 13.1. The van der Waals surface area contributed by atoms with E-state index in [2.05, 4.69) is 10.6 Å². The van der Waals surface area contributed by atoms with Gasteiger partial charge < -0.3 is 10.6 Å². The van der Waals surface area contributed by atoms with Gasteiger partial charge in [-0.2, -0.15) is 5.26 Å². The lowest BCUT2D eigenvalue weighted by Crippen LogP contribution is -2.25. The topological polar surface area (TPSA) is 82.0 Å². The number of carbonyl (C=O) groups is 2. The summed E-state index contributed by atoms with van der Waals surface area (Å²) in [6, 6.07) is 5.59. The number of benzene rings is 1. The molecule has 1 heterocycles. The minimum atomic E-state index is -0.667. The summed E-state index contributed by atoms with van der Waals surface area (Å²) >= 11 is 0. The summed E-state index contributed by atoms with van der Waals surface area (Å²) in [6.07, 6.45) is 0.115. The van der Waals surface area contributed by atoms with Gasteiger partial charge in [0.05, 0.1) is 23.2 Å². The van der Waals surface area contributed by atoms with E-state index >= 15 is 0 Å². The third kappa shape index (κ3) is 2.46. The second kappa shape index (κ2) is 4.84. The van der Waals surface area contributed by atoms with Crippen molar-refractivity contribution in [1.82, 2.24) is 5.32 Å². The van der Waals surface area contributed by atoms with Crippen LogP contribution in [0, 0.1) is 23.1 Å². The quantitative estimate of drug-likeness (QED) is 0.809. The molecule has 0 radical (unpaired) electrons. The van der Waals surface area contributed by atoms with Gasteiger partial charge in [0.15, 0.2) is 0 Å². The van der Waals surface area contributed by atoms with Crippen LogP contribution in [0.4, 0.5) is 10.1 Å². The van der Waals surface area contributed by atoms with Crippen LogP contribution >= 0.6 is 0 Å². The second-order valence-corrected chi connectivity index (χ2v) is 4.00. The fraction of sp³-hybridized carbons (Fsp3) is 0.250. The third-order valence-corrected chi connectivity index (χ3v) is 2.70. The van der Waals surface area contributed by atoms with E-state index < -0.39 is 17.6 Å². The van der Waals surface area contributed by atoms with E-state index in [1.807, 2.05) is 0 Å². The van der Waals surface area contributed by atoms with Gasteiger partial charge in [-0.1, -0.05) is 0 Å². The molecule has 2 rings (SSSR count). The number of carbonyl (C=O) groups excluding carboxylic acids is 2. The number of nitrogens with one attached hydrogen (secondary N) is 2. The molecule has 0 spiro atoms. The van der Waals surface area contributed by atoms with Crippen LogP contribution in [0.15, 0.2) is 18.2 Å². The molecule has 0 aliphatic carbocycles. The highest BCUT2D eigenvalue weighted by atomic mass is 19.1. The lowest BCUT2D eigenvalue weighted by molar-refractivity contribution is -0.123. The predicted molar refractivity (Wildman–Crippen MR) is 60.9 cm³/mol. The summed E-state index contributed by atoms with van der Waals surface area (Å²) in [5, 5.41) is 13.5. The van der Waals surface area contributed by atoms with E-state index in [4.69, 9.17) is 5.26 Å². The molecular weight excluding hydrogens is 237 g/mol. The van der Waals surface area contributed by atoms with Gasteiger partial charge in [0.25, 0.3) is 0 Å². The van der Waals surface area contributed by atoms with Crippen LogP contribution in [-0.2, 0) is 9.59 Å². The van der Waals surface area contributed by atoms with Crippen molar-refractivity contribution in [3.05, 3.63) is 29.6 Å². The average molecular weight is 247 g/mol. The summed E-state index contributed by atoms with van der Waals surface area (Å²) < 4.78 is 13.5. The molecule has 92 valence electrons. The van der Waals surface area contributed by atoms with Crippen molar-refractivity contribution in [2.45, 2.75) is 6.42 Å². The van der Waals surface area contributed by atoms with E-state index in [0.717, 1.165) is 6.07 Å². The fourth-order valence-electron chi connectivity index (χ4n) is 1.71. The maximum atomic E-state index is 13.5. The van der Waals surface area contributed by atoms with Crippen molar-refractivity contribution in [1.29, 1.82) is 5.26 Å². The first-order chi connectivity index (χ1) is 8.60. The van der Waals surface area contributed by atoms with Gasteiger partial charge >= 0.3 is 0 Å². The highest BCUT2D eigenvalue weighted by molar-refractivity contribution is 5.97. The molecule has 1 aliphatic heterocycles. The number of hydrogen-bond acceptors (Lipinski definition) is 3. The molecular formula is C12H10FN3O2. The molecule has 2 amide bonds. The molecule has 0 bridgehead atoms. The Morgan fingerprint density at radius 2 is 2.33 bits per heavy atom. The molecule has 2 N–H and O–H groups in total. The molecule has 1 saturated heterocycles. The van der Waals surface area contributed by atoms with Gasteiger partial charge in [0.1, 0.15) is 5.82 Å². The minimum absolute atomic E-state index is 0.0124. The molecule has 1 unspecified atom stereocenters. The van der Waals surface area contributed by atoms with Crippen molar-refractivity contribution in [2.24, 2.45) is 5.92 Å². The van der Waals surface area contributed by atoms with Crippen LogP contribution in [0.1, 0.15) is 12.0 Å². The Balaban J connectivity index is 2.08. The molecule has 6 heteroatoms. The molecule has 1 aliphatic rings. The summed E-state index contributed by atoms with van der Waals surface area (Å²) in [7, 11) is 0. The fourth-order valence-corrected chi connectivity index (χ4v) is 1.71. The lowest BCUT2D eigenvalue weighted by Gasteiger charge is -2.09. The number of rotatable bonds is 2. The number of nitrogens with zero attached hydrogens (tertiary/aromatic N) is 1. The Morgan fingerprint density at radius 3 is 2.89 bits per heavy atom. The van der Waals surface area contributed by atoms with Crippen molar-refractivity contribution in [2.75, 3.05) is 11.9 Å². The molecule has 1 fully saturated rings. The van der Waals surface area contributed by atoms with E-state index in [1.54, 1.807) is 6.07 Å². The van der Waals surface area contributed by atoms with Gasteiger partial charge in [-0.25, -0.2) is 4.39 Å². The lowest BCUT2D eigenvalue weighted by atomic mass is 10.1. The van der Waals surface area contributed by atoms with Crippen LogP contribution < -0.4 is 10.6 Å². The van der Waals surface area contributed by atoms with Gasteiger partial charge in [-0.3, -0.25) is 9.59 Å². The second-order valence-electron chi connectivity index (χ2n) is 4.00. The number of amides is 2. The normalized spacial score (nSPS) is 18.0. The molecule has 1 aromatic carbocycles. The third-order valence-electron chi connectivity index (χ3n) is 2.70. The van der Waals surface area contributed by atoms with Crippen molar-refractivity contribution < 1.29 is 14.0 Å². The molecule has 0 aromatic heterocycles. The first-order valence-electron chi connectivity index (χ1n) is 5.37. The van der Waals surface area contributed by atoms with Crippen molar-refractivity contribution in [3.63, 3.8) is 0 Å². The summed E-state index contributed by atoms with van der Waals surface area (Å²) in [5.74, 6) is -1.74. The smallest absolute Gasteiger partial charge is 0.229 e. The van der Waals surface area contributed by atoms with Crippen LogP contribution in [0.2, 0.25) is 0 Å². The van der Waals surface area contributed by atoms with Gasteiger partial charge in [0, 0.05) is 13.0 Å². The molecule has 1 atom stereocenters. The van der Waals surface area contributed by atoms with Crippen molar-refractivity contribution in [3.8, 4) is 6.07 Å². The standard InChI is InChI=1S/C12H10FN3O2/c13-9-3-7(5-14)1-2-10(9)16-12(18)8-4-11(17)15-6-8/h1-3,8H,4,6H2,(H,15,17)(H,16,18). The van der Waals surface area contributed by atoms with Gasteiger partial charge in [-0.15, -0.1) is 0 Å². The van der Waals surface area contributed by atoms with Crippen LogP contribution in [0.5, 0.6) is 0 Å². The summed E-state index contributed by atoms with van der Waals surface area (Å²) in [5.41, 5.74) is 0.196. The van der Waals surface area contributed by atoms with Crippen LogP contribution in [0.3, 0.4) is 0 Å². The number of hydrogen-bond donors (Lipinski definition) is 2.